The van der Waals surface area contributed by atoms with Crippen molar-refractivity contribution >= 4 is 5.91 Å². The summed E-state index contributed by atoms with van der Waals surface area (Å²) in [5.41, 5.74) is 1.12. The zero-order chi connectivity index (χ0) is 15.9. The van der Waals surface area contributed by atoms with Crippen LogP contribution in [0.2, 0.25) is 0 Å². The summed E-state index contributed by atoms with van der Waals surface area (Å²) >= 11 is 0. The van der Waals surface area contributed by atoms with E-state index in [4.69, 9.17) is 9.84 Å². The molecule has 0 saturated heterocycles. The van der Waals surface area contributed by atoms with Gasteiger partial charge in [-0.05, 0) is 26.0 Å². The lowest BCUT2D eigenvalue weighted by Crippen LogP contribution is -2.34. The van der Waals surface area contributed by atoms with Crippen LogP contribution in [0.25, 0.3) is 5.69 Å². The van der Waals surface area contributed by atoms with E-state index in [2.05, 4.69) is 5.10 Å². The fourth-order valence-corrected chi connectivity index (χ4v) is 2.15. The number of likely N-dealkylation sites (N-methyl/N-ethyl adjacent to an activating group) is 1. The van der Waals surface area contributed by atoms with Gasteiger partial charge in [-0.15, -0.1) is 0 Å². The molecule has 0 unspecified atom stereocenters. The smallest absolute Gasteiger partial charge is 0.278 e. The molecule has 0 atom stereocenters. The lowest BCUT2D eigenvalue weighted by Gasteiger charge is -2.18. The molecule has 0 aliphatic heterocycles. The van der Waals surface area contributed by atoms with Crippen LogP contribution in [0.1, 0.15) is 24.3 Å². The van der Waals surface area contributed by atoms with Crippen molar-refractivity contribution in [2.45, 2.75) is 13.8 Å². The first-order chi connectivity index (χ1) is 10.7. The van der Waals surface area contributed by atoms with Gasteiger partial charge in [0.25, 0.3) is 5.91 Å². The number of aliphatic hydroxyl groups is 1. The van der Waals surface area contributed by atoms with Gasteiger partial charge in [0.2, 0.25) is 0 Å². The summed E-state index contributed by atoms with van der Waals surface area (Å²) in [5, 5.41) is 13.4. The molecule has 1 aromatic heterocycles. The Kier molecular flexibility index (Phi) is 5.55. The van der Waals surface area contributed by atoms with Crippen LogP contribution in [0.3, 0.4) is 0 Å². The number of aromatic nitrogens is 2. The molecule has 0 aliphatic rings. The summed E-state index contributed by atoms with van der Waals surface area (Å²) < 4.78 is 7.17. The predicted octanol–water partition coefficient (Wildman–Crippen LogP) is 1.73. The molecule has 0 spiro atoms. The van der Waals surface area contributed by atoms with Crippen molar-refractivity contribution in [3.8, 4) is 11.4 Å². The normalized spacial score (nSPS) is 10.5. The first kappa shape index (κ1) is 16.0. The van der Waals surface area contributed by atoms with E-state index in [-0.39, 0.29) is 24.8 Å². The van der Waals surface area contributed by atoms with Gasteiger partial charge >= 0.3 is 0 Å². The highest BCUT2D eigenvalue weighted by Crippen LogP contribution is 2.21. The third-order valence-electron chi connectivity index (χ3n) is 3.24. The molecule has 0 aliphatic carbocycles. The van der Waals surface area contributed by atoms with Crippen LogP contribution in [-0.2, 0) is 0 Å². The topological polar surface area (TPSA) is 67.6 Å². The van der Waals surface area contributed by atoms with E-state index in [0.717, 1.165) is 5.69 Å². The van der Waals surface area contributed by atoms with E-state index >= 15 is 0 Å². The second kappa shape index (κ2) is 7.61. The molecule has 0 bridgehead atoms. The number of rotatable bonds is 7. The fraction of sp³-hybridized carbons (Fsp3) is 0.375. The third-order valence-corrected chi connectivity index (χ3v) is 3.24. The van der Waals surface area contributed by atoms with Crippen LogP contribution in [-0.4, -0.2) is 52.0 Å². The molecule has 1 amide bonds. The Bertz CT molecular complexity index is 610. The second-order valence-corrected chi connectivity index (χ2v) is 4.66. The van der Waals surface area contributed by atoms with Gasteiger partial charge in [0.1, 0.15) is 0 Å². The van der Waals surface area contributed by atoms with Gasteiger partial charge in [0.05, 0.1) is 25.1 Å². The molecule has 1 aromatic carbocycles. The van der Waals surface area contributed by atoms with E-state index in [1.54, 1.807) is 15.8 Å². The maximum absolute atomic E-state index is 12.6. The first-order valence-corrected chi connectivity index (χ1v) is 7.39. The van der Waals surface area contributed by atoms with E-state index in [9.17, 15) is 4.79 Å². The van der Waals surface area contributed by atoms with E-state index in [1.165, 1.54) is 0 Å². The summed E-state index contributed by atoms with van der Waals surface area (Å²) in [6.45, 7) is 4.87. The van der Waals surface area contributed by atoms with Gasteiger partial charge in [0.15, 0.2) is 11.4 Å². The maximum atomic E-state index is 12.6. The maximum Gasteiger partial charge on any atom is 0.278 e. The van der Waals surface area contributed by atoms with E-state index in [0.29, 0.717) is 18.9 Å². The van der Waals surface area contributed by atoms with Crippen molar-refractivity contribution in [3.63, 3.8) is 0 Å². The highest BCUT2D eigenvalue weighted by atomic mass is 16.5. The lowest BCUT2D eigenvalue weighted by molar-refractivity contribution is 0.0721. The van der Waals surface area contributed by atoms with Crippen LogP contribution in [0, 0.1) is 0 Å². The fourth-order valence-electron chi connectivity index (χ4n) is 2.15. The quantitative estimate of drug-likeness (QED) is 0.846. The number of nitrogens with zero attached hydrogens (tertiary/aromatic N) is 3. The van der Waals surface area contributed by atoms with Gasteiger partial charge in [0, 0.05) is 13.1 Å². The van der Waals surface area contributed by atoms with Crippen molar-refractivity contribution in [1.82, 2.24) is 14.7 Å². The number of hydrogen-bond donors (Lipinski definition) is 1. The van der Waals surface area contributed by atoms with Crippen molar-refractivity contribution in [1.29, 1.82) is 0 Å². The standard InChI is InChI=1S/C16H21N3O3/c1-3-18(10-11-20)16(21)15-14(22-4-2)12-19(17-15)13-8-6-5-7-9-13/h5-9,12,20H,3-4,10-11H2,1-2H3. The number of carbonyl (C=O) groups excluding carboxylic acids is 1. The number of carbonyl (C=O) groups is 1. The third kappa shape index (κ3) is 3.46. The lowest BCUT2D eigenvalue weighted by atomic mass is 10.3. The minimum atomic E-state index is -0.241. The summed E-state index contributed by atoms with van der Waals surface area (Å²) in [6, 6.07) is 9.54. The summed E-state index contributed by atoms with van der Waals surface area (Å²) in [6.07, 6.45) is 1.71. The summed E-state index contributed by atoms with van der Waals surface area (Å²) in [7, 11) is 0. The van der Waals surface area contributed by atoms with Crippen LogP contribution in [0.5, 0.6) is 5.75 Å². The Hall–Kier alpha value is -2.34. The van der Waals surface area contributed by atoms with Gasteiger partial charge in [-0.25, -0.2) is 4.68 Å². The van der Waals surface area contributed by atoms with Crippen LogP contribution in [0.4, 0.5) is 0 Å². The Morgan fingerprint density at radius 1 is 1.32 bits per heavy atom. The zero-order valence-corrected chi connectivity index (χ0v) is 12.9. The average Bonchev–Trinajstić information content (AvgIpc) is 2.97. The minimum Gasteiger partial charge on any atom is -0.490 e. The van der Waals surface area contributed by atoms with Crippen LogP contribution < -0.4 is 4.74 Å². The first-order valence-electron chi connectivity index (χ1n) is 7.39. The number of hydrogen-bond acceptors (Lipinski definition) is 4. The van der Waals surface area contributed by atoms with Gasteiger partial charge in [-0.2, -0.15) is 5.10 Å². The number of amides is 1. The number of para-hydroxylation sites is 1. The Morgan fingerprint density at radius 3 is 2.64 bits per heavy atom. The van der Waals surface area contributed by atoms with Crippen molar-refractivity contribution in [3.05, 3.63) is 42.2 Å². The zero-order valence-electron chi connectivity index (χ0n) is 12.9. The molecular weight excluding hydrogens is 282 g/mol. The van der Waals surface area contributed by atoms with Crippen molar-refractivity contribution in [2.24, 2.45) is 0 Å². The number of ether oxygens (including phenoxy) is 1. The predicted molar refractivity (Wildman–Crippen MR) is 83.4 cm³/mol. The largest absolute Gasteiger partial charge is 0.490 e. The van der Waals surface area contributed by atoms with Gasteiger partial charge < -0.3 is 14.7 Å². The molecule has 6 nitrogen and oxygen atoms in total. The molecular formula is C16H21N3O3. The summed E-state index contributed by atoms with van der Waals surface area (Å²) in [5.74, 6) is 0.211. The van der Waals surface area contributed by atoms with Crippen LogP contribution in [0.15, 0.2) is 36.5 Å². The highest BCUT2D eigenvalue weighted by Gasteiger charge is 2.23. The Morgan fingerprint density at radius 2 is 2.05 bits per heavy atom. The molecule has 6 heteroatoms. The number of benzene rings is 1. The van der Waals surface area contributed by atoms with Crippen LogP contribution >= 0.6 is 0 Å². The van der Waals surface area contributed by atoms with Gasteiger partial charge in [-0.1, -0.05) is 18.2 Å². The Balaban J connectivity index is 2.37. The summed E-state index contributed by atoms with van der Waals surface area (Å²) in [4.78, 5) is 14.1. The van der Waals surface area contributed by atoms with Crippen molar-refractivity contribution in [2.75, 3.05) is 26.3 Å². The molecule has 0 fully saturated rings. The molecule has 118 valence electrons. The molecule has 0 saturated carbocycles. The minimum absolute atomic E-state index is 0.0804. The highest BCUT2D eigenvalue weighted by molar-refractivity contribution is 5.95. The molecule has 1 heterocycles. The van der Waals surface area contributed by atoms with Crippen molar-refractivity contribution < 1.29 is 14.6 Å². The molecule has 2 rings (SSSR count). The molecule has 1 N–H and O–H groups in total. The van der Waals surface area contributed by atoms with E-state index < -0.39 is 0 Å². The molecule has 0 radical (unpaired) electrons. The second-order valence-electron chi connectivity index (χ2n) is 4.66. The molecule has 2 aromatic rings. The Labute approximate surface area is 129 Å². The SMILES string of the molecule is CCOc1cn(-c2ccccc2)nc1C(=O)N(CC)CCO. The van der Waals surface area contributed by atoms with E-state index in [1.807, 2.05) is 44.2 Å². The average molecular weight is 303 g/mol. The monoisotopic (exact) mass is 303 g/mol. The van der Waals surface area contributed by atoms with Gasteiger partial charge in [-0.3, -0.25) is 4.79 Å². The molecule has 22 heavy (non-hydrogen) atoms. The number of aliphatic hydroxyl groups excluding tert-OH is 1.